The lowest BCUT2D eigenvalue weighted by atomic mass is 10.0. The Labute approximate surface area is 212 Å². The second kappa shape index (κ2) is 10.2. The van der Waals surface area contributed by atoms with Gasteiger partial charge in [0.25, 0.3) is 0 Å². The molecule has 1 aliphatic heterocycles. The normalized spacial score (nSPS) is 14.1. The monoisotopic (exact) mass is 508 g/mol. The van der Waals surface area contributed by atoms with Crippen LogP contribution in [-0.2, 0) is 6.54 Å². The third-order valence-corrected chi connectivity index (χ3v) is 5.77. The number of ether oxygens (including phenoxy) is 2. The van der Waals surface area contributed by atoms with Crippen molar-refractivity contribution in [2.75, 3.05) is 31.1 Å². The van der Waals surface area contributed by atoms with Crippen LogP contribution >= 0.6 is 0 Å². The average Bonchev–Trinajstić information content (AvgIpc) is 2.88. The number of hydrogen-bond acceptors (Lipinski definition) is 8. The largest absolute Gasteiger partial charge is 0.493 e. The van der Waals surface area contributed by atoms with Gasteiger partial charge < -0.3 is 20.1 Å². The minimum absolute atomic E-state index is 0.0656. The molecule has 0 fully saturated rings. The molecule has 0 saturated heterocycles. The number of pyridine rings is 1. The second-order valence-corrected chi connectivity index (χ2v) is 8.20. The van der Waals surface area contributed by atoms with Crippen LogP contribution in [0.3, 0.4) is 0 Å². The molecule has 3 aromatic rings. The van der Waals surface area contributed by atoms with E-state index < -0.39 is 17.3 Å². The second-order valence-electron chi connectivity index (χ2n) is 8.20. The predicted octanol–water partition coefficient (Wildman–Crippen LogP) is 3.96. The van der Waals surface area contributed by atoms with E-state index in [1.165, 1.54) is 36.4 Å². The number of aromatic nitrogens is 3. The molecule has 192 valence electrons. The Morgan fingerprint density at radius 1 is 1.08 bits per heavy atom. The summed E-state index contributed by atoms with van der Waals surface area (Å²) in [6.07, 6.45) is 6.18. The van der Waals surface area contributed by atoms with Crippen molar-refractivity contribution in [1.82, 2.24) is 15.0 Å². The highest BCUT2D eigenvalue weighted by Crippen LogP contribution is 2.42. The fraction of sp³-hybridized carbons (Fsp3) is 0.240. The maximum absolute atomic E-state index is 15.5. The molecule has 0 bridgehead atoms. The van der Waals surface area contributed by atoms with Crippen LogP contribution in [0.15, 0.2) is 41.4 Å². The number of halogens is 2. The van der Waals surface area contributed by atoms with E-state index in [0.29, 0.717) is 33.9 Å². The summed E-state index contributed by atoms with van der Waals surface area (Å²) in [6, 6.07) is 2.85. The number of nitrogens with one attached hydrogen (secondary N) is 1. The van der Waals surface area contributed by atoms with E-state index in [1.807, 2.05) is 0 Å². The van der Waals surface area contributed by atoms with Gasteiger partial charge in [-0.3, -0.25) is 25.3 Å². The molecule has 3 N–H and O–H groups in total. The first-order valence-electron chi connectivity index (χ1n) is 11.1. The van der Waals surface area contributed by atoms with Crippen molar-refractivity contribution in [2.45, 2.75) is 20.4 Å². The number of aryl methyl sites for hydroxylation is 1. The van der Waals surface area contributed by atoms with Crippen LogP contribution in [0.5, 0.6) is 11.5 Å². The van der Waals surface area contributed by atoms with Crippen molar-refractivity contribution in [3.63, 3.8) is 0 Å². The molecule has 10 nitrogen and oxygen atoms in total. The highest BCUT2D eigenvalue weighted by molar-refractivity contribution is 6.13. The Bertz CT molecular complexity index is 1390. The fourth-order valence-corrected chi connectivity index (χ4v) is 3.96. The van der Waals surface area contributed by atoms with Crippen molar-refractivity contribution in [3.8, 4) is 11.5 Å². The molecule has 0 amide bonds. The van der Waals surface area contributed by atoms with Crippen LogP contribution < -0.4 is 25.0 Å². The number of methoxy groups -OCH3 is 2. The molecule has 0 spiro atoms. The molecule has 3 heterocycles. The number of nitrogens with zero attached hydrogens (tertiary/aromatic N) is 6. The molecule has 0 unspecified atom stereocenters. The number of hydrogen-bond donors (Lipinski definition) is 2. The van der Waals surface area contributed by atoms with Gasteiger partial charge in [0.2, 0.25) is 5.96 Å². The summed E-state index contributed by atoms with van der Waals surface area (Å²) in [7, 11) is 4.15. The lowest BCUT2D eigenvalue weighted by molar-refractivity contribution is 0.359. The summed E-state index contributed by atoms with van der Waals surface area (Å²) < 4.78 is 41.1. The van der Waals surface area contributed by atoms with E-state index in [9.17, 15) is 0 Å². The highest BCUT2D eigenvalue weighted by atomic mass is 19.1. The van der Waals surface area contributed by atoms with E-state index in [0.717, 1.165) is 6.07 Å². The third-order valence-electron chi connectivity index (χ3n) is 5.77. The summed E-state index contributed by atoms with van der Waals surface area (Å²) in [5.74, 6) is -2.40. The van der Waals surface area contributed by atoms with Gasteiger partial charge in [-0.1, -0.05) is 0 Å². The van der Waals surface area contributed by atoms with Crippen molar-refractivity contribution < 1.29 is 18.3 Å². The molecule has 1 aliphatic rings. The van der Waals surface area contributed by atoms with Crippen LogP contribution in [0.4, 0.5) is 26.0 Å². The smallest absolute Gasteiger partial charge is 0.209 e. The molecule has 0 atom stereocenters. The van der Waals surface area contributed by atoms with Crippen molar-refractivity contribution in [2.24, 2.45) is 10.7 Å². The number of rotatable bonds is 6. The molecule has 2 aromatic heterocycles. The van der Waals surface area contributed by atoms with Crippen LogP contribution in [0, 0.1) is 24.0 Å². The minimum Gasteiger partial charge on any atom is -0.493 e. The lowest BCUT2D eigenvalue weighted by Gasteiger charge is -2.39. The quantitative estimate of drug-likeness (QED) is 0.479. The van der Waals surface area contributed by atoms with Crippen LogP contribution in [-0.4, -0.2) is 48.4 Å². The van der Waals surface area contributed by atoms with Gasteiger partial charge in [-0.05, 0) is 19.9 Å². The molecule has 0 radical (unpaired) electrons. The number of nitrogens with two attached hydrogens (primary N) is 1. The van der Waals surface area contributed by atoms with Crippen molar-refractivity contribution in [1.29, 1.82) is 5.41 Å². The van der Waals surface area contributed by atoms with Crippen molar-refractivity contribution in [3.05, 3.63) is 65.0 Å². The summed E-state index contributed by atoms with van der Waals surface area (Å²) >= 11 is 0. The van der Waals surface area contributed by atoms with Gasteiger partial charge in [-0.2, -0.15) is 0 Å². The topological polar surface area (TPSA) is 126 Å². The Morgan fingerprint density at radius 3 is 2.30 bits per heavy atom. The van der Waals surface area contributed by atoms with Crippen LogP contribution in [0.2, 0.25) is 0 Å². The molecular formula is C25H26F2N8O2. The molecular weight excluding hydrogens is 482 g/mol. The summed E-state index contributed by atoms with van der Waals surface area (Å²) in [5, 5.41) is 9.04. The van der Waals surface area contributed by atoms with E-state index in [-0.39, 0.29) is 29.8 Å². The zero-order chi connectivity index (χ0) is 26.9. The van der Waals surface area contributed by atoms with Gasteiger partial charge in [0.05, 0.1) is 50.2 Å². The van der Waals surface area contributed by atoms with Gasteiger partial charge in [0.1, 0.15) is 5.69 Å². The number of aliphatic imine (C=N–C) groups is 1. The molecule has 37 heavy (non-hydrogen) atoms. The molecule has 12 heteroatoms. The van der Waals surface area contributed by atoms with Crippen molar-refractivity contribution >= 4 is 34.9 Å². The zero-order valence-electron chi connectivity index (χ0n) is 21.0. The third kappa shape index (κ3) is 4.53. The number of fused-ring (bicyclic) bond motifs is 1. The Morgan fingerprint density at radius 2 is 1.76 bits per heavy atom. The summed E-state index contributed by atoms with van der Waals surface area (Å²) in [4.78, 5) is 19.9. The maximum Gasteiger partial charge on any atom is 0.209 e. The highest BCUT2D eigenvalue weighted by Gasteiger charge is 2.36. The maximum atomic E-state index is 15.5. The van der Waals surface area contributed by atoms with Gasteiger partial charge in [0.15, 0.2) is 29.0 Å². The number of allylic oxidation sites excluding steroid dienone is 2. The predicted molar refractivity (Wildman–Crippen MR) is 138 cm³/mol. The summed E-state index contributed by atoms with van der Waals surface area (Å²) in [6.45, 7) is 3.44. The van der Waals surface area contributed by atoms with Crippen LogP contribution in [0.25, 0.3) is 5.57 Å². The molecule has 1 aromatic carbocycles. The number of anilines is 3. The van der Waals surface area contributed by atoms with E-state index in [1.54, 1.807) is 39.4 Å². The Kier molecular flexibility index (Phi) is 7.00. The van der Waals surface area contributed by atoms with Crippen LogP contribution in [0.1, 0.15) is 23.9 Å². The first-order chi connectivity index (χ1) is 17.7. The van der Waals surface area contributed by atoms with E-state index in [2.05, 4.69) is 19.9 Å². The fourth-order valence-electron chi connectivity index (χ4n) is 3.96. The molecule has 0 aliphatic carbocycles. The number of guanidine groups is 1. The standard InChI is InChI=1S/C25H26F2N8O2/c1-13-8-33-21(11-31-13)35-18-6-17(16(10-30-3)14(2)28)32-9-15(18)12-34(25(35)29)24-22(26)19(36-4)7-20(37-5)23(24)27/h6-11,29H,12,28H2,1-5H3. The van der Waals surface area contributed by atoms with E-state index in [4.69, 9.17) is 20.6 Å². The first kappa shape index (κ1) is 25.5. The van der Waals surface area contributed by atoms with Gasteiger partial charge in [-0.25, -0.2) is 13.8 Å². The van der Waals surface area contributed by atoms with Gasteiger partial charge in [-0.15, -0.1) is 0 Å². The Balaban J connectivity index is 1.96. The van der Waals surface area contributed by atoms with Gasteiger partial charge >= 0.3 is 0 Å². The van der Waals surface area contributed by atoms with Gasteiger partial charge in [0, 0.05) is 42.4 Å². The Hall–Kier alpha value is -4.61. The lowest BCUT2D eigenvalue weighted by Crippen LogP contribution is -2.46. The first-order valence-corrected chi connectivity index (χ1v) is 11.1. The molecule has 4 rings (SSSR count). The minimum atomic E-state index is -0.975. The average molecular weight is 509 g/mol. The number of benzene rings is 1. The zero-order valence-corrected chi connectivity index (χ0v) is 21.0. The summed E-state index contributed by atoms with van der Waals surface area (Å²) in [5.41, 5.74) is 8.94. The van der Waals surface area contributed by atoms with E-state index >= 15 is 8.78 Å². The SMILES string of the molecule is CN=CC(=C(C)N)c1cc2c(cn1)CN(c1c(F)c(OC)cc(OC)c1F)C(=N)N2c1cnc(C)cn1. The molecule has 0 saturated carbocycles.